The van der Waals surface area contributed by atoms with Crippen LogP contribution in [0.5, 0.6) is 0 Å². The highest BCUT2D eigenvalue weighted by atomic mass is 35.5. The fourth-order valence-corrected chi connectivity index (χ4v) is 2.53. The first kappa shape index (κ1) is 19.5. The number of ether oxygens (including phenoxy) is 1. The zero-order valence-electron chi connectivity index (χ0n) is 14.0. The van der Waals surface area contributed by atoms with E-state index in [0.717, 1.165) is 25.7 Å². The van der Waals surface area contributed by atoms with Crippen molar-refractivity contribution in [2.75, 3.05) is 19.7 Å². The Morgan fingerprint density at radius 2 is 1.83 bits per heavy atom. The Balaban J connectivity index is 2.70. The molecule has 0 aliphatic heterocycles. The van der Waals surface area contributed by atoms with Gasteiger partial charge in [-0.25, -0.2) is 0 Å². The Morgan fingerprint density at radius 1 is 1.09 bits per heavy atom. The summed E-state index contributed by atoms with van der Waals surface area (Å²) in [7, 11) is 0. The molecule has 0 saturated heterocycles. The quantitative estimate of drug-likeness (QED) is 0.471. The molecule has 0 unspecified atom stereocenters. The van der Waals surface area contributed by atoms with Crippen molar-refractivity contribution in [1.82, 2.24) is 4.90 Å². The van der Waals surface area contributed by atoms with Gasteiger partial charge >= 0.3 is 5.97 Å². The average Bonchev–Trinajstić information content (AvgIpc) is 2.54. The summed E-state index contributed by atoms with van der Waals surface area (Å²) in [5.74, 6) is -0.408. The summed E-state index contributed by atoms with van der Waals surface area (Å²) in [5, 5.41) is 0.437. The van der Waals surface area contributed by atoms with Crippen LogP contribution in [-0.2, 0) is 9.53 Å². The molecule has 0 bridgehead atoms. The van der Waals surface area contributed by atoms with Crippen molar-refractivity contribution in [1.29, 1.82) is 0 Å². The number of esters is 1. The third-order valence-electron chi connectivity index (χ3n) is 3.56. The van der Waals surface area contributed by atoms with Crippen molar-refractivity contribution < 1.29 is 14.3 Å². The predicted molar refractivity (Wildman–Crippen MR) is 92.7 cm³/mol. The van der Waals surface area contributed by atoms with Crippen molar-refractivity contribution >= 4 is 23.5 Å². The van der Waals surface area contributed by atoms with Gasteiger partial charge in [-0.15, -0.1) is 0 Å². The highest BCUT2D eigenvalue weighted by Gasteiger charge is 2.19. The molecule has 5 heteroatoms. The lowest BCUT2D eigenvalue weighted by Gasteiger charge is -2.23. The Labute approximate surface area is 143 Å². The normalized spacial score (nSPS) is 10.4. The standard InChI is InChI=1S/C18H26ClNO3/c1-3-5-6-9-13-20(14-12-17(21)23-4-2)18(22)15-10-7-8-11-16(15)19/h7-8,10-11H,3-6,9,12-14H2,1-2H3. The SMILES string of the molecule is CCCCCCN(CCC(=O)OCC)C(=O)c1ccccc1Cl. The topological polar surface area (TPSA) is 46.6 Å². The number of amides is 1. The minimum atomic E-state index is -0.280. The summed E-state index contributed by atoms with van der Waals surface area (Å²) in [5.41, 5.74) is 0.480. The van der Waals surface area contributed by atoms with Gasteiger partial charge in [-0.2, -0.15) is 0 Å². The second kappa shape index (κ2) is 11.1. The van der Waals surface area contributed by atoms with Crippen LogP contribution in [0.3, 0.4) is 0 Å². The number of hydrogen-bond donors (Lipinski definition) is 0. The Morgan fingerprint density at radius 3 is 2.48 bits per heavy atom. The second-order valence-corrected chi connectivity index (χ2v) is 5.79. The highest BCUT2D eigenvalue weighted by Crippen LogP contribution is 2.18. The predicted octanol–water partition coefficient (Wildman–Crippen LogP) is 4.32. The molecule has 0 aliphatic carbocycles. The largest absolute Gasteiger partial charge is 0.466 e. The van der Waals surface area contributed by atoms with Crippen LogP contribution in [0.15, 0.2) is 24.3 Å². The summed E-state index contributed by atoms with van der Waals surface area (Å²) < 4.78 is 4.94. The van der Waals surface area contributed by atoms with Crippen LogP contribution in [-0.4, -0.2) is 36.5 Å². The second-order valence-electron chi connectivity index (χ2n) is 5.39. The van der Waals surface area contributed by atoms with E-state index in [0.29, 0.717) is 30.3 Å². The van der Waals surface area contributed by atoms with Crippen LogP contribution < -0.4 is 0 Å². The van der Waals surface area contributed by atoms with Crippen LogP contribution in [0.1, 0.15) is 56.3 Å². The van der Waals surface area contributed by atoms with E-state index in [4.69, 9.17) is 16.3 Å². The molecule has 0 aliphatic rings. The Kier molecular flexibility index (Phi) is 9.37. The first-order valence-electron chi connectivity index (χ1n) is 8.29. The van der Waals surface area contributed by atoms with Crippen molar-refractivity contribution in [2.24, 2.45) is 0 Å². The molecule has 0 saturated carbocycles. The Bertz CT molecular complexity index is 505. The molecule has 1 aromatic rings. The van der Waals surface area contributed by atoms with Gasteiger partial charge < -0.3 is 9.64 Å². The zero-order valence-corrected chi connectivity index (χ0v) is 14.8. The first-order valence-corrected chi connectivity index (χ1v) is 8.67. The Hall–Kier alpha value is -1.55. The molecule has 1 aromatic carbocycles. The van der Waals surface area contributed by atoms with Gasteiger partial charge in [0.05, 0.1) is 23.6 Å². The molecule has 0 heterocycles. The molecular formula is C18H26ClNO3. The third kappa shape index (κ3) is 7.04. The number of carbonyl (C=O) groups is 2. The van der Waals surface area contributed by atoms with Gasteiger partial charge in [0.1, 0.15) is 0 Å². The molecule has 1 rings (SSSR count). The number of nitrogens with zero attached hydrogens (tertiary/aromatic N) is 1. The minimum absolute atomic E-state index is 0.128. The maximum atomic E-state index is 12.7. The molecule has 4 nitrogen and oxygen atoms in total. The minimum Gasteiger partial charge on any atom is -0.466 e. The number of benzene rings is 1. The molecule has 23 heavy (non-hydrogen) atoms. The van der Waals surface area contributed by atoms with Crippen LogP contribution >= 0.6 is 11.6 Å². The van der Waals surface area contributed by atoms with Crippen LogP contribution in [0.25, 0.3) is 0 Å². The van der Waals surface area contributed by atoms with E-state index >= 15 is 0 Å². The molecule has 0 spiro atoms. The van der Waals surface area contributed by atoms with Crippen LogP contribution in [0.4, 0.5) is 0 Å². The maximum absolute atomic E-state index is 12.7. The van der Waals surface area contributed by atoms with E-state index in [9.17, 15) is 9.59 Å². The lowest BCUT2D eigenvalue weighted by atomic mass is 10.1. The van der Waals surface area contributed by atoms with E-state index in [1.165, 1.54) is 0 Å². The van der Waals surface area contributed by atoms with E-state index in [1.807, 2.05) is 0 Å². The highest BCUT2D eigenvalue weighted by molar-refractivity contribution is 6.33. The summed E-state index contributed by atoms with van der Waals surface area (Å²) >= 11 is 6.12. The smallest absolute Gasteiger partial charge is 0.307 e. The summed E-state index contributed by atoms with van der Waals surface area (Å²) in [6.07, 6.45) is 4.49. The average molecular weight is 340 g/mol. The lowest BCUT2D eigenvalue weighted by Crippen LogP contribution is -2.34. The van der Waals surface area contributed by atoms with Gasteiger partial charge in [0.15, 0.2) is 0 Å². The van der Waals surface area contributed by atoms with E-state index in [2.05, 4.69) is 6.92 Å². The maximum Gasteiger partial charge on any atom is 0.307 e. The van der Waals surface area contributed by atoms with Crippen molar-refractivity contribution in [3.63, 3.8) is 0 Å². The van der Waals surface area contributed by atoms with Gasteiger partial charge in [0.2, 0.25) is 0 Å². The number of rotatable bonds is 10. The van der Waals surface area contributed by atoms with Crippen molar-refractivity contribution in [2.45, 2.75) is 46.0 Å². The van der Waals surface area contributed by atoms with Crippen LogP contribution in [0, 0.1) is 0 Å². The van der Waals surface area contributed by atoms with E-state index < -0.39 is 0 Å². The van der Waals surface area contributed by atoms with Gasteiger partial charge in [0.25, 0.3) is 5.91 Å². The summed E-state index contributed by atoms with van der Waals surface area (Å²) in [4.78, 5) is 26.0. The molecule has 0 fully saturated rings. The summed E-state index contributed by atoms with van der Waals surface area (Å²) in [6, 6.07) is 7.01. The zero-order chi connectivity index (χ0) is 17.1. The molecule has 0 aromatic heterocycles. The number of carbonyl (C=O) groups excluding carboxylic acids is 2. The molecule has 0 atom stereocenters. The first-order chi connectivity index (χ1) is 11.1. The monoisotopic (exact) mass is 339 g/mol. The van der Waals surface area contributed by atoms with Gasteiger partial charge in [-0.3, -0.25) is 9.59 Å². The third-order valence-corrected chi connectivity index (χ3v) is 3.89. The molecule has 0 N–H and O–H groups in total. The van der Waals surface area contributed by atoms with Crippen molar-refractivity contribution in [3.8, 4) is 0 Å². The summed E-state index contributed by atoms with van der Waals surface area (Å²) in [6.45, 7) is 5.26. The van der Waals surface area contributed by atoms with Gasteiger partial charge in [-0.1, -0.05) is 49.9 Å². The molecule has 0 radical (unpaired) electrons. The number of halogens is 1. The van der Waals surface area contributed by atoms with Gasteiger partial charge in [-0.05, 0) is 25.5 Å². The molecular weight excluding hydrogens is 314 g/mol. The molecule has 1 amide bonds. The lowest BCUT2D eigenvalue weighted by molar-refractivity contribution is -0.143. The number of unbranched alkanes of at least 4 members (excludes halogenated alkanes) is 3. The van der Waals surface area contributed by atoms with Crippen LogP contribution in [0.2, 0.25) is 5.02 Å². The fraction of sp³-hybridized carbons (Fsp3) is 0.556. The molecule has 128 valence electrons. The number of hydrogen-bond acceptors (Lipinski definition) is 3. The fourth-order valence-electron chi connectivity index (χ4n) is 2.31. The van der Waals surface area contributed by atoms with Crippen molar-refractivity contribution in [3.05, 3.63) is 34.9 Å². The van der Waals surface area contributed by atoms with E-state index in [-0.39, 0.29) is 18.3 Å². The van der Waals surface area contributed by atoms with E-state index in [1.54, 1.807) is 36.1 Å². The van der Waals surface area contributed by atoms with Gasteiger partial charge in [0, 0.05) is 13.1 Å².